The van der Waals surface area contributed by atoms with E-state index in [-0.39, 0.29) is 0 Å². The maximum atomic E-state index is 10.5. The molecule has 1 atom stereocenters. The number of nitrogens with one attached hydrogen (secondary N) is 1. The third kappa shape index (κ3) is 4.43. The van der Waals surface area contributed by atoms with Gasteiger partial charge in [0.15, 0.2) is 0 Å². The standard InChI is InChI=1S/C16H27NO/c1-12(2)14-6-8-15(9-7-14)16(5,18)10-11-17-13(3)4/h6-9,12-13,17-18H,10-11H2,1-5H3. The molecule has 102 valence electrons. The molecule has 0 aromatic heterocycles. The molecule has 0 fully saturated rings. The Kier molecular flexibility index (Phi) is 5.36. The lowest BCUT2D eigenvalue weighted by molar-refractivity contribution is 0.0475. The summed E-state index contributed by atoms with van der Waals surface area (Å²) < 4.78 is 0. The van der Waals surface area contributed by atoms with E-state index < -0.39 is 5.60 Å². The van der Waals surface area contributed by atoms with E-state index in [9.17, 15) is 5.11 Å². The molecule has 1 aromatic rings. The molecule has 0 aliphatic heterocycles. The van der Waals surface area contributed by atoms with Gasteiger partial charge < -0.3 is 10.4 Å². The van der Waals surface area contributed by atoms with Crippen LogP contribution in [0.2, 0.25) is 0 Å². The monoisotopic (exact) mass is 249 g/mol. The minimum Gasteiger partial charge on any atom is -0.385 e. The summed E-state index contributed by atoms with van der Waals surface area (Å²) in [4.78, 5) is 0. The van der Waals surface area contributed by atoms with Crippen LogP contribution >= 0.6 is 0 Å². The Morgan fingerprint density at radius 2 is 1.67 bits per heavy atom. The quantitative estimate of drug-likeness (QED) is 0.810. The largest absolute Gasteiger partial charge is 0.385 e. The molecular weight excluding hydrogens is 222 g/mol. The molecule has 0 amide bonds. The number of rotatable bonds is 6. The number of hydrogen-bond donors (Lipinski definition) is 2. The lowest BCUT2D eigenvalue weighted by atomic mass is 9.90. The summed E-state index contributed by atoms with van der Waals surface area (Å²) >= 11 is 0. The fourth-order valence-corrected chi connectivity index (χ4v) is 1.98. The Labute approximate surface area is 111 Å². The van der Waals surface area contributed by atoms with Crippen molar-refractivity contribution in [3.8, 4) is 0 Å². The van der Waals surface area contributed by atoms with Gasteiger partial charge in [-0.2, -0.15) is 0 Å². The van der Waals surface area contributed by atoms with E-state index in [1.54, 1.807) is 0 Å². The molecular formula is C16H27NO. The fourth-order valence-electron chi connectivity index (χ4n) is 1.98. The minimum atomic E-state index is -0.753. The first kappa shape index (κ1) is 15.2. The molecule has 2 nitrogen and oxygen atoms in total. The van der Waals surface area contributed by atoms with Crippen molar-refractivity contribution in [3.63, 3.8) is 0 Å². The summed E-state index contributed by atoms with van der Waals surface area (Å²) in [7, 11) is 0. The average Bonchev–Trinajstić information content (AvgIpc) is 2.28. The third-order valence-corrected chi connectivity index (χ3v) is 3.36. The predicted molar refractivity (Wildman–Crippen MR) is 77.9 cm³/mol. The van der Waals surface area contributed by atoms with Gasteiger partial charge in [0.25, 0.3) is 0 Å². The first-order valence-corrected chi connectivity index (χ1v) is 6.89. The van der Waals surface area contributed by atoms with Gasteiger partial charge >= 0.3 is 0 Å². The van der Waals surface area contributed by atoms with Crippen molar-refractivity contribution in [2.75, 3.05) is 6.54 Å². The molecule has 2 heteroatoms. The SMILES string of the molecule is CC(C)NCCC(C)(O)c1ccc(C(C)C)cc1. The van der Waals surface area contributed by atoms with Gasteiger partial charge in [-0.3, -0.25) is 0 Å². The molecule has 0 spiro atoms. The van der Waals surface area contributed by atoms with Crippen LogP contribution in [-0.4, -0.2) is 17.7 Å². The molecule has 0 radical (unpaired) electrons. The lowest BCUT2D eigenvalue weighted by Gasteiger charge is -2.25. The summed E-state index contributed by atoms with van der Waals surface area (Å²) in [5, 5.41) is 13.8. The summed E-state index contributed by atoms with van der Waals surface area (Å²) in [6, 6.07) is 8.79. The summed E-state index contributed by atoms with van der Waals surface area (Å²) in [6.45, 7) is 11.3. The van der Waals surface area contributed by atoms with E-state index >= 15 is 0 Å². The van der Waals surface area contributed by atoms with Crippen LogP contribution in [0.4, 0.5) is 0 Å². The maximum Gasteiger partial charge on any atom is 0.0880 e. The molecule has 0 saturated carbocycles. The normalized spacial score (nSPS) is 15.1. The topological polar surface area (TPSA) is 32.3 Å². The van der Waals surface area contributed by atoms with Crippen LogP contribution in [0.3, 0.4) is 0 Å². The van der Waals surface area contributed by atoms with Crippen LogP contribution in [0, 0.1) is 0 Å². The number of benzene rings is 1. The van der Waals surface area contributed by atoms with Crippen molar-refractivity contribution in [3.05, 3.63) is 35.4 Å². The first-order chi connectivity index (χ1) is 8.33. The van der Waals surface area contributed by atoms with Crippen molar-refractivity contribution in [2.24, 2.45) is 0 Å². The van der Waals surface area contributed by atoms with Gasteiger partial charge in [0.1, 0.15) is 0 Å². The number of aliphatic hydroxyl groups is 1. The molecule has 0 heterocycles. The van der Waals surface area contributed by atoms with Gasteiger partial charge in [-0.25, -0.2) is 0 Å². The number of hydrogen-bond acceptors (Lipinski definition) is 2. The van der Waals surface area contributed by atoms with Crippen LogP contribution in [0.15, 0.2) is 24.3 Å². The van der Waals surface area contributed by atoms with Gasteiger partial charge in [0.05, 0.1) is 5.60 Å². The van der Waals surface area contributed by atoms with Crippen molar-refractivity contribution in [1.29, 1.82) is 0 Å². The second-order valence-corrected chi connectivity index (χ2v) is 5.91. The Morgan fingerprint density at radius 3 is 2.11 bits per heavy atom. The third-order valence-electron chi connectivity index (χ3n) is 3.36. The van der Waals surface area contributed by atoms with E-state index in [4.69, 9.17) is 0 Å². The van der Waals surface area contributed by atoms with E-state index in [2.05, 4.69) is 45.1 Å². The zero-order valence-electron chi connectivity index (χ0n) is 12.3. The zero-order valence-corrected chi connectivity index (χ0v) is 12.3. The minimum absolute atomic E-state index is 0.462. The van der Waals surface area contributed by atoms with Crippen LogP contribution in [0.25, 0.3) is 0 Å². The van der Waals surface area contributed by atoms with Crippen molar-refractivity contribution < 1.29 is 5.11 Å². The average molecular weight is 249 g/mol. The van der Waals surface area contributed by atoms with Crippen LogP contribution in [0.5, 0.6) is 0 Å². The molecule has 1 aromatic carbocycles. The zero-order chi connectivity index (χ0) is 13.8. The highest BCUT2D eigenvalue weighted by molar-refractivity contribution is 5.28. The van der Waals surface area contributed by atoms with Gasteiger partial charge in [0, 0.05) is 6.04 Å². The van der Waals surface area contributed by atoms with Gasteiger partial charge in [-0.05, 0) is 36.9 Å². The molecule has 2 N–H and O–H groups in total. The maximum absolute atomic E-state index is 10.5. The summed E-state index contributed by atoms with van der Waals surface area (Å²) in [5.74, 6) is 0.534. The van der Waals surface area contributed by atoms with Gasteiger partial charge in [0.2, 0.25) is 0 Å². The molecule has 1 rings (SSSR count). The van der Waals surface area contributed by atoms with E-state index in [0.717, 1.165) is 18.5 Å². The summed E-state index contributed by atoms with van der Waals surface area (Å²) in [6.07, 6.45) is 0.728. The molecule has 0 bridgehead atoms. The van der Waals surface area contributed by atoms with Crippen molar-refractivity contribution >= 4 is 0 Å². The first-order valence-electron chi connectivity index (χ1n) is 6.89. The molecule has 1 unspecified atom stereocenters. The molecule has 0 aliphatic rings. The fraction of sp³-hybridized carbons (Fsp3) is 0.625. The predicted octanol–water partition coefficient (Wildman–Crippen LogP) is 3.41. The van der Waals surface area contributed by atoms with E-state index in [1.807, 2.05) is 19.1 Å². The van der Waals surface area contributed by atoms with Crippen molar-refractivity contribution in [1.82, 2.24) is 5.32 Å². The second kappa shape index (κ2) is 6.35. The van der Waals surface area contributed by atoms with Gasteiger partial charge in [-0.1, -0.05) is 52.0 Å². The van der Waals surface area contributed by atoms with Crippen molar-refractivity contribution in [2.45, 2.75) is 58.6 Å². The highest BCUT2D eigenvalue weighted by Crippen LogP contribution is 2.25. The Morgan fingerprint density at radius 1 is 1.11 bits per heavy atom. The second-order valence-electron chi connectivity index (χ2n) is 5.91. The Balaban J connectivity index is 2.66. The smallest absolute Gasteiger partial charge is 0.0880 e. The molecule has 18 heavy (non-hydrogen) atoms. The Bertz CT molecular complexity index is 352. The van der Waals surface area contributed by atoms with Crippen LogP contribution < -0.4 is 5.32 Å². The van der Waals surface area contributed by atoms with E-state index in [0.29, 0.717) is 12.0 Å². The van der Waals surface area contributed by atoms with E-state index in [1.165, 1.54) is 5.56 Å². The van der Waals surface area contributed by atoms with Gasteiger partial charge in [-0.15, -0.1) is 0 Å². The Hall–Kier alpha value is -0.860. The summed E-state index contributed by atoms with van der Waals surface area (Å²) in [5.41, 5.74) is 1.56. The van der Waals surface area contributed by atoms with Crippen LogP contribution in [-0.2, 0) is 5.60 Å². The highest BCUT2D eigenvalue weighted by atomic mass is 16.3. The highest BCUT2D eigenvalue weighted by Gasteiger charge is 2.22. The molecule has 0 saturated heterocycles. The van der Waals surface area contributed by atoms with Crippen LogP contribution in [0.1, 0.15) is 58.1 Å². The molecule has 0 aliphatic carbocycles. The lowest BCUT2D eigenvalue weighted by Crippen LogP contribution is -2.31.